The number of halogens is 1. The van der Waals surface area contributed by atoms with Gasteiger partial charge in [0, 0.05) is 28.4 Å². The molecular formula is C9H12BrN3OS2. The van der Waals surface area contributed by atoms with Crippen LogP contribution in [0.5, 0.6) is 0 Å². The highest BCUT2D eigenvalue weighted by Gasteiger charge is 1.94. The summed E-state index contributed by atoms with van der Waals surface area (Å²) in [5.41, 5.74) is 2.72. The Morgan fingerprint density at radius 1 is 1.75 bits per heavy atom. The second kappa shape index (κ2) is 7.72. The Labute approximate surface area is 112 Å². The molecule has 0 amide bonds. The van der Waals surface area contributed by atoms with E-state index in [2.05, 4.69) is 31.8 Å². The van der Waals surface area contributed by atoms with Crippen LogP contribution in [0.4, 0.5) is 0 Å². The molecule has 0 aliphatic carbocycles. The fourth-order valence-electron chi connectivity index (χ4n) is 0.857. The summed E-state index contributed by atoms with van der Waals surface area (Å²) in [6.07, 6.45) is 1.72. The maximum Gasteiger partial charge on any atom is 0.187 e. The number of hydrogen-bond acceptors (Lipinski definition) is 4. The quantitative estimate of drug-likeness (QED) is 0.376. The monoisotopic (exact) mass is 321 g/mol. The molecule has 0 aromatic carbocycles. The number of thiophene rings is 1. The molecule has 0 atom stereocenters. The summed E-state index contributed by atoms with van der Waals surface area (Å²) < 4.78 is 5.93. The lowest BCUT2D eigenvalue weighted by Gasteiger charge is -2.04. The molecule has 0 radical (unpaired) electrons. The van der Waals surface area contributed by atoms with Crippen LogP contribution >= 0.6 is 39.5 Å². The van der Waals surface area contributed by atoms with Gasteiger partial charge in [-0.1, -0.05) is 0 Å². The van der Waals surface area contributed by atoms with Crippen molar-refractivity contribution in [2.75, 3.05) is 20.3 Å². The van der Waals surface area contributed by atoms with E-state index < -0.39 is 0 Å². The highest BCUT2D eigenvalue weighted by atomic mass is 79.9. The second-order valence-corrected chi connectivity index (χ2v) is 5.05. The van der Waals surface area contributed by atoms with Crippen LogP contribution in [0.1, 0.15) is 4.88 Å². The summed E-state index contributed by atoms with van der Waals surface area (Å²) in [6, 6.07) is 1.98. The lowest BCUT2D eigenvalue weighted by molar-refractivity contribution is 0.204. The fraction of sp³-hybridized carbons (Fsp3) is 0.333. The number of hydrazone groups is 1. The minimum atomic E-state index is 0.490. The molecule has 7 heteroatoms. The smallest absolute Gasteiger partial charge is 0.187 e. The van der Waals surface area contributed by atoms with Gasteiger partial charge in [0.2, 0.25) is 0 Å². The van der Waals surface area contributed by atoms with Crippen molar-refractivity contribution in [1.82, 2.24) is 10.7 Å². The molecule has 1 aromatic heterocycles. The predicted molar refractivity (Wildman–Crippen MR) is 75.2 cm³/mol. The molecule has 0 fully saturated rings. The van der Waals surface area contributed by atoms with E-state index in [0.29, 0.717) is 18.3 Å². The molecule has 0 unspecified atom stereocenters. The molecule has 0 aliphatic rings. The second-order valence-electron chi connectivity index (χ2n) is 2.79. The summed E-state index contributed by atoms with van der Waals surface area (Å²) >= 11 is 9.96. The maximum atomic E-state index is 4.99. The van der Waals surface area contributed by atoms with Gasteiger partial charge >= 0.3 is 0 Å². The molecule has 1 rings (SSSR count). The van der Waals surface area contributed by atoms with Crippen LogP contribution in [-0.4, -0.2) is 31.6 Å². The number of thiocarbonyl (C=S) groups is 1. The number of methoxy groups -OCH3 is 1. The third-order valence-electron chi connectivity index (χ3n) is 1.54. The Kier molecular flexibility index (Phi) is 6.55. The molecule has 1 aromatic rings. The Morgan fingerprint density at radius 2 is 2.56 bits per heavy atom. The Hall–Kier alpha value is -0.500. The van der Waals surface area contributed by atoms with Gasteiger partial charge in [0.15, 0.2) is 5.11 Å². The summed E-state index contributed by atoms with van der Waals surface area (Å²) in [5, 5.41) is 9.44. The highest BCUT2D eigenvalue weighted by molar-refractivity contribution is 9.10. The Balaban J connectivity index is 2.23. The van der Waals surface area contributed by atoms with Crippen LogP contribution in [0.25, 0.3) is 0 Å². The van der Waals surface area contributed by atoms with Crippen LogP contribution in [0.15, 0.2) is 21.0 Å². The number of nitrogens with one attached hydrogen (secondary N) is 2. The van der Waals surface area contributed by atoms with E-state index in [1.165, 1.54) is 0 Å². The van der Waals surface area contributed by atoms with Crippen molar-refractivity contribution in [3.63, 3.8) is 0 Å². The number of rotatable bonds is 5. The van der Waals surface area contributed by atoms with E-state index in [4.69, 9.17) is 17.0 Å². The van der Waals surface area contributed by atoms with Crippen molar-refractivity contribution < 1.29 is 4.74 Å². The van der Waals surface area contributed by atoms with Gasteiger partial charge in [0.1, 0.15) is 0 Å². The zero-order valence-corrected chi connectivity index (χ0v) is 11.9. The summed E-state index contributed by atoms with van der Waals surface area (Å²) in [5.74, 6) is 0. The van der Waals surface area contributed by atoms with Crippen LogP contribution in [0.2, 0.25) is 0 Å². The van der Waals surface area contributed by atoms with E-state index in [9.17, 15) is 0 Å². The van der Waals surface area contributed by atoms with Gasteiger partial charge < -0.3 is 10.1 Å². The van der Waals surface area contributed by atoms with E-state index in [1.807, 2.05) is 11.4 Å². The van der Waals surface area contributed by atoms with Gasteiger partial charge in [-0.15, -0.1) is 11.3 Å². The lowest BCUT2D eigenvalue weighted by Crippen LogP contribution is -2.34. The average Bonchev–Trinajstić information content (AvgIpc) is 2.65. The SMILES string of the molecule is COCCNC(=S)N/N=C\c1cc(Br)cs1. The largest absolute Gasteiger partial charge is 0.383 e. The first kappa shape index (κ1) is 13.6. The first-order chi connectivity index (χ1) is 7.72. The summed E-state index contributed by atoms with van der Waals surface area (Å²) in [7, 11) is 1.64. The predicted octanol–water partition coefficient (Wildman–Crippen LogP) is 1.95. The molecule has 16 heavy (non-hydrogen) atoms. The fourth-order valence-corrected chi connectivity index (χ4v) is 2.32. The van der Waals surface area contributed by atoms with Crippen molar-refractivity contribution in [2.45, 2.75) is 0 Å². The first-order valence-electron chi connectivity index (χ1n) is 4.52. The van der Waals surface area contributed by atoms with Gasteiger partial charge in [0.25, 0.3) is 0 Å². The van der Waals surface area contributed by atoms with Crippen LogP contribution in [0.3, 0.4) is 0 Å². The van der Waals surface area contributed by atoms with E-state index >= 15 is 0 Å². The summed E-state index contributed by atoms with van der Waals surface area (Å²) in [6.45, 7) is 1.28. The lowest BCUT2D eigenvalue weighted by atomic mass is 10.5. The zero-order chi connectivity index (χ0) is 11.8. The zero-order valence-electron chi connectivity index (χ0n) is 8.70. The molecule has 0 bridgehead atoms. The topological polar surface area (TPSA) is 45.6 Å². The third kappa shape index (κ3) is 5.55. The molecule has 0 aliphatic heterocycles. The number of ether oxygens (including phenoxy) is 1. The normalized spacial score (nSPS) is 10.6. The van der Waals surface area contributed by atoms with Gasteiger partial charge in [-0.2, -0.15) is 5.10 Å². The first-order valence-corrected chi connectivity index (χ1v) is 6.60. The standard InChI is InChI=1S/C9H12BrN3OS2/c1-14-3-2-11-9(15)13-12-5-8-4-7(10)6-16-8/h4-6H,2-3H2,1H3,(H2,11,13,15)/b12-5-. The number of hydrogen-bond donors (Lipinski definition) is 2. The van der Waals surface area contributed by atoms with Crippen LogP contribution < -0.4 is 10.7 Å². The molecule has 0 spiro atoms. The minimum absolute atomic E-state index is 0.490. The molecule has 0 saturated heterocycles. The van der Waals surface area contributed by atoms with Gasteiger partial charge in [-0.05, 0) is 34.2 Å². The molecule has 88 valence electrons. The molecule has 1 heterocycles. The number of nitrogens with zero attached hydrogens (tertiary/aromatic N) is 1. The van der Waals surface area contributed by atoms with Crippen molar-refractivity contribution in [2.24, 2.45) is 5.10 Å². The molecule has 2 N–H and O–H groups in total. The van der Waals surface area contributed by atoms with E-state index in [-0.39, 0.29) is 0 Å². The highest BCUT2D eigenvalue weighted by Crippen LogP contribution is 2.17. The van der Waals surface area contributed by atoms with Gasteiger partial charge in [-0.25, -0.2) is 0 Å². The molecular weight excluding hydrogens is 310 g/mol. The van der Waals surface area contributed by atoms with Crippen LogP contribution in [0, 0.1) is 0 Å². The van der Waals surface area contributed by atoms with E-state index in [0.717, 1.165) is 9.35 Å². The Morgan fingerprint density at radius 3 is 3.19 bits per heavy atom. The Bertz CT molecular complexity index is 367. The average molecular weight is 322 g/mol. The van der Waals surface area contributed by atoms with Crippen LogP contribution in [-0.2, 0) is 4.74 Å². The van der Waals surface area contributed by atoms with Crippen molar-refractivity contribution >= 4 is 50.8 Å². The van der Waals surface area contributed by atoms with Gasteiger partial charge in [0.05, 0.1) is 12.8 Å². The maximum absolute atomic E-state index is 4.99. The van der Waals surface area contributed by atoms with E-state index in [1.54, 1.807) is 24.7 Å². The summed E-state index contributed by atoms with van der Waals surface area (Å²) in [4.78, 5) is 1.05. The molecule has 4 nitrogen and oxygen atoms in total. The minimum Gasteiger partial charge on any atom is -0.383 e. The molecule has 0 saturated carbocycles. The van der Waals surface area contributed by atoms with Gasteiger partial charge in [-0.3, -0.25) is 5.43 Å². The third-order valence-corrected chi connectivity index (χ3v) is 3.40. The van der Waals surface area contributed by atoms with Crippen molar-refractivity contribution in [3.05, 3.63) is 20.8 Å². The van der Waals surface area contributed by atoms with Crippen molar-refractivity contribution in [1.29, 1.82) is 0 Å². The van der Waals surface area contributed by atoms with Crippen molar-refractivity contribution in [3.8, 4) is 0 Å².